The lowest BCUT2D eigenvalue weighted by Gasteiger charge is -2.34. The maximum Gasteiger partial charge on any atom is 0.230 e. The molecule has 1 heterocycles. The molecule has 4 heteroatoms. The second-order valence-corrected chi connectivity index (χ2v) is 7.74. The van der Waals surface area contributed by atoms with Crippen LogP contribution in [-0.4, -0.2) is 36.3 Å². The van der Waals surface area contributed by atoms with Crippen LogP contribution in [-0.2, 0) is 16.0 Å². The van der Waals surface area contributed by atoms with E-state index in [0.717, 1.165) is 29.7 Å². The summed E-state index contributed by atoms with van der Waals surface area (Å²) in [5.74, 6) is 0.324. The first kappa shape index (κ1) is 20.1. The topological polar surface area (TPSA) is 40.6 Å². The van der Waals surface area contributed by atoms with Gasteiger partial charge in [0.1, 0.15) is 0 Å². The van der Waals surface area contributed by atoms with Gasteiger partial charge in [0.25, 0.3) is 0 Å². The van der Waals surface area contributed by atoms with Crippen molar-refractivity contribution in [3.8, 4) is 0 Å². The molecular formula is C24H30N2O2. The molecule has 0 radical (unpaired) electrons. The molecule has 0 aromatic heterocycles. The zero-order chi connectivity index (χ0) is 20.1. The van der Waals surface area contributed by atoms with Gasteiger partial charge >= 0.3 is 0 Å². The average Bonchev–Trinajstić information content (AvgIpc) is 2.68. The van der Waals surface area contributed by atoms with Crippen LogP contribution in [0.25, 0.3) is 0 Å². The minimum absolute atomic E-state index is 0.0107. The van der Waals surface area contributed by atoms with Crippen molar-refractivity contribution in [3.63, 3.8) is 0 Å². The molecule has 1 aliphatic heterocycles. The van der Waals surface area contributed by atoms with Crippen LogP contribution in [0.3, 0.4) is 0 Å². The molecule has 0 aliphatic carbocycles. The number of carbonyl (C=O) groups excluding carboxylic acids is 2. The smallest absolute Gasteiger partial charge is 0.230 e. The molecule has 2 amide bonds. The normalized spacial score (nSPS) is 14.8. The highest BCUT2D eigenvalue weighted by Gasteiger charge is 2.30. The third-order valence-electron chi connectivity index (χ3n) is 5.53. The number of carbonyl (C=O) groups is 2. The molecule has 0 bridgehead atoms. The summed E-state index contributed by atoms with van der Waals surface area (Å²) >= 11 is 0. The molecule has 1 saturated heterocycles. The zero-order valence-corrected chi connectivity index (χ0v) is 17.1. The second-order valence-electron chi connectivity index (χ2n) is 7.74. The molecule has 1 aliphatic rings. The van der Waals surface area contributed by atoms with Crippen LogP contribution >= 0.6 is 0 Å². The van der Waals surface area contributed by atoms with Crippen LogP contribution < -0.4 is 4.90 Å². The van der Waals surface area contributed by atoms with Crippen LogP contribution in [0, 0.1) is 19.8 Å². The van der Waals surface area contributed by atoms with Gasteiger partial charge in [-0.15, -0.1) is 0 Å². The Morgan fingerprint density at radius 3 is 2.25 bits per heavy atom. The van der Waals surface area contributed by atoms with Gasteiger partial charge in [0.15, 0.2) is 0 Å². The molecule has 0 N–H and O–H groups in total. The molecule has 2 aromatic rings. The standard InChI is InChI=1S/C24H30N2O2/c1-4-26(22-10-6-8-19(3)16-22)24(28)21-11-13-25(14-12-21)23(27)17-20-9-5-7-18(2)15-20/h5-10,15-16,21H,4,11-14,17H2,1-3H3. The van der Waals surface area contributed by atoms with Gasteiger partial charge in [0.2, 0.25) is 11.8 Å². The van der Waals surface area contributed by atoms with Crippen molar-refractivity contribution in [2.45, 2.75) is 40.0 Å². The van der Waals surface area contributed by atoms with E-state index >= 15 is 0 Å². The molecule has 28 heavy (non-hydrogen) atoms. The van der Waals surface area contributed by atoms with Gasteiger partial charge in [-0.2, -0.15) is 0 Å². The lowest BCUT2D eigenvalue weighted by molar-refractivity contribution is -0.134. The quantitative estimate of drug-likeness (QED) is 0.785. The van der Waals surface area contributed by atoms with Gasteiger partial charge < -0.3 is 9.80 Å². The van der Waals surface area contributed by atoms with E-state index in [0.29, 0.717) is 26.1 Å². The molecule has 0 spiro atoms. The summed E-state index contributed by atoms with van der Waals surface area (Å²) in [6.45, 7) is 8.08. The summed E-state index contributed by atoms with van der Waals surface area (Å²) in [6, 6.07) is 16.2. The Labute approximate surface area is 168 Å². The highest BCUT2D eigenvalue weighted by atomic mass is 16.2. The van der Waals surface area contributed by atoms with Crippen molar-refractivity contribution in [1.82, 2.24) is 4.90 Å². The summed E-state index contributed by atoms with van der Waals surface area (Å²) in [5, 5.41) is 0. The summed E-state index contributed by atoms with van der Waals surface area (Å²) in [7, 11) is 0. The van der Waals surface area contributed by atoms with Crippen molar-refractivity contribution in [2.24, 2.45) is 5.92 Å². The first-order valence-electron chi connectivity index (χ1n) is 10.2. The number of benzene rings is 2. The first-order valence-corrected chi connectivity index (χ1v) is 10.2. The van der Waals surface area contributed by atoms with E-state index in [1.54, 1.807) is 0 Å². The number of likely N-dealkylation sites (tertiary alicyclic amines) is 1. The Kier molecular flexibility index (Phi) is 6.50. The molecule has 0 atom stereocenters. The highest BCUT2D eigenvalue weighted by Crippen LogP contribution is 2.24. The molecule has 4 nitrogen and oxygen atoms in total. The van der Waals surface area contributed by atoms with Gasteiger partial charge in [-0.3, -0.25) is 9.59 Å². The Bertz CT molecular complexity index is 838. The number of piperidine rings is 1. The summed E-state index contributed by atoms with van der Waals surface area (Å²) in [6.07, 6.45) is 1.91. The second kappa shape index (κ2) is 9.05. The Morgan fingerprint density at radius 2 is 1.64 bits per heavy atom. The third-order valence-corrected chi connectivity index (χ3v) is 5.53. The number of hydrogen-bond donors (Lipinski definition) is 0. The fourth-order valence-electron chi connectivity index (χ4n) is 3.97. The van der Waals surface area contributed by atoms with Crippen molar-refractivity contribution in [1.29, 1.82) is 0 Å². The van der Waals surface area contributed by atoms with Gasteiger partial charge in [-0.05, 0) is 56.9 Å². The number of nitrogens with zero attached hydrogens (tertiary/aromatic N) is 2. The van der Waals surface area contributed by atoms with E-state index < -0.39 is 0 Å². The Morgan fingerprint density at radius 1 is 1.00 bits per heavy atom. The van der Waals surface area contributed by atoms with Crippen molar-refractivity contribution >= 4 is 17.5 Å². The molecule has 3 rings (SSSR count). The number of aryl methyl sites for hydroxylation is 2. The van der Waals surface area contributed by atoms with Crippen molar-refractivity contribution in [3.05, 3.63) is 65.2 Å². The van der Waals surface area contributed by atoms with E-state index in [9.17, 15) is 9.59 Å². The fraction of sp³-hybridized carbons (Fsp3) is 0.417. The fourth-order valence-corrected chi connectivity index (χ4v) is 3.97. The van der Waals surface area contributed by atoms with E-state index in [1.807, 2.05) is 67.0 Å². The molecule has 1 fully saturated rings. The zero-order valence-electron chi connectivity index (χ0n) is 17.1. The molecule has 148 valence electrons. The first-order chi connectivity index (χ1) is 13.5. The van der Waals surface area contributed by atoms with Crippen LogP contribution in [0.1, 0.15) is 36.5 Å². The number of anilines is 1. The average molecular weight is 379 g/mol. The van der Waals surface area contributed by atoms with Gasteiger partial charge in [-0.1, -0.05) is 42.0 Å². The lowest BCUT2D eigenvalue weighted by Crippen LogP contribution is -2.45. The number of rotatable bonds is 5. The lowest BCUT2D eigenvalue weighted by atomic mass is 9.94. The molecule has 2 aromatic carbocycles. The third kappa shape index (κ3) is 4.80. The predicted molar refractivity (Wildman–Crippen MR) is 113 cm³/mol. The highest BCUT2D eigenvalue weighted by molar-refractivity contribution is 5.95. The summed E-state index contributed by atoms with van der Waals surface area (Å²) in [5.41, 5.74) is 4.34. The maximum atomic E-state index is 13.1. The molecular weight excluding hydrogens is 348 g/mol. The number of hydrogen-bond acceptors (Lipinski definition) is 2. The van der Waals surface area contributed by atoms with E-state index in [2.05, 4.69) is 12.1 Å². The molecule has 0 unspecified atom stereocenters. The van der Waals surface area contributed by atoms with Crippen LogP contribution in [0.2, 0.25) is 0 Å². The monoisotopic (exact) mass is 378 g/mol. The van der Waals surface area contributed by atoms with Crippen LogP contribution in [0.4, 0.5) is 5.69 Å². The SMILES string of the molecule is CCN(C(=O)C1CCN(C(=O)Cc2cccc(C)c2)CC1)c1cccc(C)c1. The van der Waals surface area contributed by atoms with Gasteiger partial charge in [0, 0.05) is 31.2 Å². The molecule has 0 saturated carbocycles. The summed E-state index contributed by atoms with van der Waals surface area (Å²) in [4.78, 5) is 29.5. The summed E-state index contributed by atoms with van der Waals surface area (Å²) < 4.78 is 0. The van der Waals surface area contributed by atoms with E-state index in [1.165, 1.54) is 5.56 Å². The van der Waals surface area contributed by atoms with Crippen LogP contribution in [0.5, 0.6) is 0 Å². The van der Waals surface area contributed by atoms with E-state index in [-0.39, 0.29) is 17.7 Å². The Hall–Kier alpha value is -2.62. The van der Waals surface area contributed by atoms with Gasteiger partial charge in [-0.25, -0.2) is 0 Å². The van der Waals surface area contributed by atoms with Crippen molar-refractivity contribution < 1.29 is 9.59 Å². The van der Waals surface area contributed by atoms with Crippen LogP contribution in [0.15, 0.2) is 48.5 Å². The maximum absolute atomic E-state index is 13.1. The minimum atomic E-state index is -0.0107. The number of amides is 2. The largest absolute Gasteiger partial charge is 0.342 e. The van der Waals surface area contributed by atoms with Crippen molar-refractivity contribution in [2.75, 3.05) is 24.5 Å². The minimum Gasteiger partial charge on any atom is -0.342 e. The van der Waals surface area contributed by atoms with E-state index in [4.69, 9.17) is 0 Å². The predicted octanol–water partition coefficient (Wildman–Crippen LogP) is 4.14. The van der Waals surface area contributed by atoms with Gasteiger partial charge in [0.05, 0.1) is 6.42 Å². The Balaban J connectivity index is 1.58.